The van der Waals surface area contributed by atoms with Crippen LogP contribution in [-0.2, 0) is 6.54 Å². The summed E-state index contributed by atoms with van der Waals surface area (Å²) in [6, 6.07) is 12.5. The topological polar surface area (TPSA) is 134 Å². The predicted octanol–water partition coefficient (Wildman–Crippen LogP) is 2.90. The van der Waals surface area contributed by atoms with Gasteiger partial charge in [-0.2, -0.15) is 13.6 Å². The molecule has 154 valence electrons. The first-order valence-corrected chi connectivity index (χ1v) is 9.06. The van der Waals surface area contributed by atoms with Gasteiger partial charge in [-0.1, -0.05) is 12.1 Å². The maximum atomic E-state index is 12.6. The lowest BCUT2D eigenvalue weighted by molar-refractivity contribution is 0.116. The van der Waals surface area contributed by atoms with Crippen LogP contribution in [0.15, 0.2) is 53.1 Å². The van der Waals surface area contributed by atoms with E-state index in [1.54, 1.807) is 30.5 Å². The average molecular weight is 421 g/mol. The van der Waals surface area contributed by atoms with Crippen LogP contribution in [0.5, 0.6) is 0 Å². The van der Waals surface area contributed by atoms with E-state index in [2.05, 4.69) is 35.6 Å². The van der Waals surface area contributed by atoms with Crippen LogP contribution >= 0.6 is 0 Å². The summed E-state index contributed by atoms with van der Waals surface area (Å²) in [5.74, 6) is -0.00294. The molecule has 0 unspecified atom stereocenters. The molecule has 5 aromatic rings. The molecule has 12 heteroatoms. The summed E-state index contributed by atoms with van der Waals surface area (Å²) in [6.07, 6.45) is -1.16. The molecule has 0 saturated heterocycles. The highest BCUT2D eigenvalue weighted by Crippen LogP contribution is 2.24. The lowest BCUT2D eigenvalue weighted by Crippen LogP contribution is -2.04. The van der Waals surface area contributed by atoms with Gasteiger partial charge in [-0.05, 0) is 41.1 Å². The molecule has 3 heterocycles. The Balaban J connectivity index is 1.33. The number of benzene rings is 2. The van der Waals surface area contributed by atoms with E-state index in [0.717, 1.165) is 22.0 Å². The molecule has 10 nitrogen and oxygen atoms in total. The molecule has 31 heavy (non-hydrogen) atoms. The number of tetrazole rings is 1. The Bertz CT molecular complexity index is 1360. The summed E-state index contributed by atoms with van der Waals surface area (Å²) in [6.45, 7) is 0.368. The van der Waals surface area contributed by atoms with Crippen LogP contribution in [0.2, 0.25) is 0 Å². The summed E-state index contributed by atoms with van der Waals surface area (Å²) in [4.78, 5) is 9.61. The van der Waals surface area contributed by atoms with Gasteiger partial charge in [-0.15, -0.1) is 20.4 Å². The first-order valence-electron chi connectivity index (χ1n) is 9.06. The first-order chi connectivity index (χ1) is 15.0. The number of anilines is 1. The summed E-state index contributed by atoms with van der Waals surface area (Å²) in [5, 5.41) is 20.4. The SMILES string of the molecule is Nc1ncc2cc(-c3nnn(Cc4ccc(-c5nnc(C(F)F)o5)cc4)n3)ccc2n1. The van der Waals surface area contributed by atoms with E-state index < -0.39 is 12.3 Å². The number of nitrogens with zero attached hydrogens (tertiary/aromatic N) is 8. The van der Waals surface area contributed by atoms with Crippen molar-refractivity contribution in [2.24, 2.45) is 0 Å². The molecule has 0 saturated carbocycles. The summed E-state index contributed by atoms with van der Waals surface area (Å²) in [7, 11) is 0. The van der Waals surface area contributed by atoms with E-state index >= 15 is 0 Å². The quantitative estimate of drug-likeness (QED) is 0.454. The van der Waals surface area contributed by atoms with Gasteiger partial charge in [-0.3, -0.25) is 0 Å². The number of fused-ring (bicyclic) bond motifs is 1. The minimum absolute atomic E-state index is 0.0325. The number of halogens is 2. The highest BCUT2D eigenvalue weighted by atomic mass is 19.3. The standard InChI is InChI=1S/C19H13F2N9O/c20-15(21)18-27-26-17(31-18)11-3-1-10(2-4-11)9-30-28-16(25-29-30)12-5-6-14-13(7-12)8-23-19(22)24-14/h1-8,15H,9H2,(H2,22,23,24). The van der Waals surface area contributed by atoms with Crippen molar-refractivity contribution in [3.05, 3.63) is 60.1 Å². The highest BCUT2D eigenvalue weighted by molar-refractivity contribution is 5.83. The van der Waals surface area contributed by atoms with Crippen LogP contribution in [0.25, 0.3) is 33.7 Å². The zero-order valence-electron chi connectivity index (χ0n) is 15.7. The molecule has 5 rings (SSSR count). The smallest absolute Gasteiger partial charge is 0.314 e. The molecule has 0 atom stereocenters. The molecule has 3 aromatic heterocycles. The van der Waals surface area contributed by atoms with E-state index in [9.17, 15) is 8.78 Å². The van der Waals surface area contributed by atoms with Gasteiger partial charge in [0.1, 0.15) is 0 Å². The number of nitrogen functional groups attached to an aromatic ring is 1. The molecule has 0 bridgehead atoms. The number of nitrogens with two attached hydrogens (primary N) is 1. The minimum atomic E-state index is -2.80. The van der Waals surface area contributed by atoms with Crippen LogP contribution in [0, 0.1) is 0 Å². The van der Waals surface area contributed by atoms with Gasteiger partial charge >= 0.3 is 6.43 Å². The van der Waals surface area contributed by atoms with Crippen LogP contribution in [0.3, 0.4) is 0 Å². The van der Waals surface area contributed by atoms with Crippen LogP contribution in [0.1, 0.15) is 17.9 Å². The summed E-state index contributed by atoms with van der Waals surface area (Å²) in [5.41, 5.74) is 8.52. The van der Waals surface area contributed by atoms with E-state index in [1.807, 2.05) is 18.2 Å². The fourth-order valence-electron chi connectivity index (χ4n) is 2.97. The van der Waals surface area contributed by atoms with Crippen molar-refractivity contribution in [2.45, 2.75) is 13.0 Å². The maximum Gasteiger partial charge on any atom is 0.314 e. The van der Waals surface area contributed by atoms with Crippen molar-refractivity contribution < 1.29 is 13.2 Å². The van der Waals surface area contributed by atoms with Crippen LogP contribution in [0.4, 0.5) is 14.7 Å². The van der Waals surface area contributed by atoms with Gasteiger partial charge in [0.15, 0.2) is 0 Å². The number of rotatable bonds is 5. The molecule has 0 aliphatic rings. The van der Waals surface area contributed by atoms with Crippen molar-refractivity contribution in [3.63, 3.8) is 0 Å². The third-order valence-electron chi connectivity index (χ3n) is 4.46. The van der Waals surface area contributed by atoms with Gasteiger partial charge < -0.3 is 10.2 Å². The molecule has 0 amide bonds. The monoisotopic (exact) mass is 421 g/mol. The van der Waals surface area contributed by atoms with Gasteiger partial charge in [0.25, 0.3) is 5.89 Å². The van der Waals surface area contributed by atoms with Crippen molar-refractivity contribution >= 4 is 16.9 Å². The molecular formula is C19H13F2N9O. The average Bonchev–Trinajstić information content (AvgIpc) is 3.44. The molecule has 2 N–H and O–H groups in total. The Morgan fingerprint density at radius 3 is 2.58 bits per heavy atom. The van der Waals surface area contributed by atoms with Crippen molar-refractivity contribution in [1.29, 1.82) is 0 Å². The lowest BCUT2D eigenvalue weighted by atomic mass is 10.1. The highest BCUT2D eigenvalue weighted by Gasteiger charge is 2.17. The van der Waals surface area contributed by atoms with Gasteiger partial charge in [0, 0.05) is 22.7 Å². The van der Waals surface area contributed by atoms with Crippen molar-refractivity contribution in [3.8, 4) is 22.8 Å². The van der Waals surface area contributed by atoms with E-state index in [1.165, 1.54) is 4.80 Å². The second kappa shape index (κ2) is 7.48. The van der Waals surface area contributed by atoms with Crippen LogP contribution in [-0.4, -0.2) is 40.4 Å². The number of alkyl halides is 2. The summed E-state index contributed by atoms with van der Waals surface area (Å²) < 4.78 is 30.1. The molecule has 0 fully saturated rings. The maximum absolute atomic E-state index is 12.6. The van der Waals surface area contributed by atoms with E-state index in [0.29, 0.717) is 17.9 Å². The fraction of sp³-hybridized carbons (Fsp3) is 0.105. The number of hydrogen-bond acceptors (Lipinski definition) is 9. The van der Waals surface area contributed by atoms with Gasteiger partial charge in [0.2, 0.25) is 17.7 Å². The second-order valence-electron chi connectivity index (χ2n) is 6.59. The Labute approximate surface area is 172 Å². The van der Waals surface area contributed by atoms with Gasteiger partial charge in [0.05, 0.1) is 12.1 Å². The number of hydrogen-bond donors (Lipinski definition) is 1. The molecular weight excluding hydrogens is 408 g/mol. The Morgan fingerprint density at radius 1 is 1.00 bits per heavy atom. The Hall–Kier alpha value is -4.35. The minimum Gasteiger partial charge on any atom is -0.415 e. The molecule has 2 aromatic carbocycles. The summed E-state index contributed by atoms with van der Waals surface area (Å²) >= 11 is 0. The second-order valence-corrected chi connectivity index (χ2v) is 6.59. The van der Waals surface area contributed by atoms with Crippen LogP contribution < -0.4 is 5.73 Å². The third-order valence-corrected chi connectivity index (χ3v) is 4.46. The molecule has 0 radical (unpaired) electrons. The zero-order chi connectivity index (χ0) is 21.4. The predicted molar refractivity (Wildman–Crippen MR) is 105 cm³/mol. The Kier molecular flexibility index (Phi) is 4.50. The van der Waals surface area contributed by atoms with Crippen molar-refractivity contribution in [1.82, 2.24) is 40.4 Å². The fourth-order valence-corrected chi connectivity index (χ4v) is 2.97. The first kappa shape index (κ1) is 18.7. The van der Waals surface area contributed by atoms with Crippen molar-refractivity contribution in [2.75, 3.05) is 5.73 Å². The normalized spacial score (nSPS) is 11.5. The van der Waals surface area contributed by atoms with Gasteiger partial charge in [-0.25, -0.2) is 9.97 Å². The zero-order valence-corrected chi connectivity index (χ0v) is 15.7. The molecule has 0 aliphatic carbocycles. The largest absolute Gasteiger partial charge is 0.415 e. The molecule has 0 spiro atoms. The molecule has 0 aliphatic heterocycles. The van der Waals surface area contributed by atoms with E-state index in [-0.39, 0.29) is 11.8 Å². The van der Waals surface area contributed by atoms with E-state index in [4.69, 9.17) is 10.2 Å². The third kappa shape index (κ3) is 3.77. The lowest BCUT2D eigenvalue weighted by Gasteiger charge is -2.01. The number of aromatic nitrogens is 8. The Morgan fingerprint density at radius 2 is 1.81 bits per heavy atom.